The second kappa shape index (κ2) is 5.69. The van der Waals surface area contributed by atoms with Crippen LogP contribution in [0, 0.1) is 20.8 Å². The van der Waals surface area contributed by atoms with E-state index in [2.05, 4.69) is 20.3 Å². The molecule has 0 aliphatic heterocycles. The molecule has 0 aliphatic carbocycles. The Kier molecular flexibility index (Phi) is 3.72. The van der Waals surface area contributed by atoms with Gasteiger partial charge in [0.15, 0.2) is 5.13 Å². The standard InChI is InChI=1S/C15H15N5OS/c1-9-6-12(7-10(2)17-9)13-11(3)18-14(22-13)19-15(21)20-5-4-16-8-20/h4-8H,1-3H3,(H,18,19,21). The lowest BCUT2D eigenvalue weighted by Crippen LogP contribution is -2.17. The summed E-state index contributed by atoms with van der Waals surface area (Å²) in [5.74, 6) is 0. The maximum Gasteiger partial charge on any atom is 0.333 e. The fourth-order valence-electron chi connectivity index (χ4n) is 2.22. The molecule has 0 unspecified atom stereocenters. The monoisotopic (exact) mass is 313 g/mol. The highest BCUT2D eigenvalue weighted by atomic mass is 32.1. The number of thiazole rings is 1. The molecular formula is C15H15N5OS. The number of aromatic nitrogens is 4. The molecule has 0 aromatic carbocycles. The number of pyridine rings is 1. The summed E-state index contributed by atoms with van der Waals surface area (Å²) in [6.07, 6.45) is 4.60. The van der Waals surface area contributed by atoms with Crippen molar-refractivity contribution in [2.24, 2.45) is 0 Å². The highest BCUT2D eigenvalue weighted by Gasteiger charge is 2.13. The van der Waals surface area contributed by atoms with Crippen molar-refractivity contribution in [3.05, 3.63) is 47.9 Å². The molecule has 0 saturated heterocycles. The van der Waals surface area contributed by atoms with Gasteiger partial charge in [0, 0.05) is 23.8 Å². The minimum Gasteiger partial charge on any atom is -0.283 e. The molecule has 0 fully saturated rings. The smallest absolute Gasteiger partial charge is 0.283 e. The van der Waals surface area contributed by atoms with Crippen molar-refractivity contribution in [1.29, 1.82) is 0 Å². The molecule has 6 nitrogen and oxygen atoms in total. The SMILES string of the molecule is Cc1cc(-c2sc(NC(=O)n3ccnc3)nc2C)cc(C)n1. The number of aryl methyl sites for hydroxylation is 3. The second-order valence-electron chi connectivity index (χ2n) is 4.97. The lowest BCUT2D eigenvalue weighted by Gasteiger charge is -2.02. The van der Waals surface area contributed by atoms with Gasteiger partial charge in [-0.2, -0.15) is 0 Å². The predicted molar refractivity (Wildman–Crippen MR) is 86.2 cm³/mol. The summed E-state index contributed by atoms with van der Waals surface area (Å²) in [6.45, 7) is 5.87. The maximum atomic E-state index is 12.0. The van der Waals surface area contributed by atoms with Crippen LogP contribution < -0.4 is 5.32 Å². The Morgan fingerprint density at radius 3 is 2.55 bits per heavy atom. The zero-order chi connectivity index (χ0) is 15.7. The highest BCUT2D eigenvalue weighted by Crippen LogP contribution is 2.33. The summed E-state index contributed by atoms with van der Waals surface area (Å²) >= 11 is 1.45. The Hall–Kier alpha value is -2.54. The summed E-state index contributed by atoms with van der Waals surface area (Å²) in [5.41, 5.74) is 3.89. The van der Waals surface area contributed by atoms with E-state index in [1.165, 1.54) is 22.2 Å². The molecule has 3 heterocycles. The van der Waals surface area contributed by atoms with Crippen molar-refractivity contribution in [2.45, 2.75) is 20.8 Å². The van der Waals surface area contributed by atoms with Gasteiger partial charge in [-0.05, 0) is 38.5 Å². The average Bonchev–Trinajstić information content (AvgIpc) is 3.07. The molecule has 1 amide bonds. The van der Waals surface area contributed by atoms with Crippen LogP contribution in [0.4, 0.5) is 9.93 Å². The lowest BCUT2D eigenvalue weighted by atomic mass is 10.1. The van der Waals surface area contributed by atoms with Gasteiger partial charge in [0.1, 0.15) is 6.33 Å². The van der Waals surface area contributed by atoms with Gasteiger partial charge < -0.3 is 0 Å². The molecule has 0 aliphatic rings. The fraction of sp³-hybridized carbons (Fsp3) is 0.200. The Morgan fingerprint density at radius 1 is 1.18 bits per heavy atom. The third-order valence-electron chi connectivity index (χ3n) is 3.09. The molecule has 1 N–H and O–H groups in total. The van der Waals surface area contributed by atoms with Crippen LogP contribution >= 0.6 is 11.3 Å². The third kappa shape index (κ3) is 2.89. The van der Waals surface area contributed by atoms with Crippen LogP contribution in [-0.2, 0) is 0 Å². The first-order chi connectivity index (χ1) is 10.5. The van der Waals surface area contributed by atoms with Crippen LogP contribution in [0.3, 0.4) is 0 Å². The van der Waals surface area contributed by atoms with Gasteiger partial charge in [0.05, 0.1) is 10.6 Å². The molecule has 0 bridgehead atoms. The van der Waals surface area contributed by atoms with Gasteiger partial charge in [-0.25, -0.2) is 14.8 Å². The third-order valence-corrected chi connectivity index (χ3v) is 4.21. The van der Waals surface area contributed by atoms with Crippen molar-refractivity contribution in [3.63, 3.8) is 0 Å². The largest absolute Gasteiger partial charge is 0.333 e. The van der Waals surface area contributed by atoms with E-state index in [0.717, 1.165) is 27.5 Å². The molecule has 3 rings (SSSR count). The van der Waals surface area contributed by atoms with Gasteiger partial charge in [0.2, 0.25) is 0 Å². The molecule has 0 radical (unpaired) electrons. The van der Waals surface area contributed by atoms with Gasteiger partial charge >= 0.3 is 6.03 Å². The molecule has 3 aromatic rings. The Bertz CT molecular complexity index is 802. The number of hydrogen-bond acceptors (Lipinski definition) is 5. The summed E-state index contributed by atoms with van der Waals surface area (Å²) < 4.78 is 1.37. The van der Waals surface area contributed by atoms with Crippen LogP contribution in [0.5, 0.6) is 0 Å². The fourth-order valence-corrected chi connectivity index (χ4v) is 3.16. The van der Waals surface area contributed by atoms with Gasteiger partial charge in [0.25, 0.3) is 0 Å². The van der Waals surface area contributed by atoms with Crippen molar-refractivity contribution >= 4 is 22.5 Å². The molecule has 0 spiro atoms. The second-order valence-corrected chi connectivity index (χ2v) is 5.97. The van der Waals surface area contributed by atoms with Crippen LogP contribution in [-0.4, -0.2) is 25.6 Å². The van der Waals surface area contributed by atoms with Crippen LogP contribution in [0.1, 0.15) is 17.1 Å². The maximum absolute atomic E-state index is 12.0. The molecule has 0 atom stereocenters. The van der Waals surface area contributed by atoms with E-state index in [0.29, 0.717) is 5.13 Å². The Labute approximate surface area is 131 Å². The van der Waals surface area contributed by atoms with E-state index in [-0.39, 0.29) is 6.03 Å². The Morgan fingerprint density at radius 2 is 1.91 bits per heavy atom. The van der Waals surface area contributed by atoms with Gasteiger partial charge in [-0.1, -0.05) is 11.3 Å². The number of imidazole rings is 1. The summed E-state index contributed by atoms with van der Waals surface area (Å²) in [6, 6.07) is 3.77. The molecular weight excluding hydrogens is 298 g/mol. The highest BCUT2D eigenvalue weighted by molar-refractivity contribution is 7.19. The summed E-state index contributed by atoms with van der Waals surface area (Å²) in [7, 11) is 0. The topological polar surface area (TPSA) is 72.7 Å². The molecule has 22 heavy (non-hydrogen) atoms. The van der Waals surface area contributed by atoms with E-state index in [9.17, 15) is 4.79 Å². The van der Waals surface area contributed by atoms with Crippen molar-refractivity contribution < 1.29 is 4.79 Å². The summed E-state index contributed by atoms with van der Waals surface area (Å²) in [4.78, 5) is 25.7. The van der Waals surface area contributed by atoms with Gasteiger partial charge in [-0.3, -0.25) is 14.9 Å². The predicted octanol–water partition coefficient (Wildman–Crippen LogP) is 3.41. The van der Waals surface area contributed by atoms with Gasteiger partial charge in [-0.15, -0.1) is 0 Å². The van der Waals surface area contributed by atoms with Crippen LogP contribution in [0.15, 0.2) is 30.9 Å². The first-order valence-electron chi connectivity index (χ1n) is 6.75. The molecule has 112 valence electrons. The number of hydrogen-bond donors (Lipinski definition) is 1. The number of amides is 1. The molecule has 3 aromatic heterocycles. The first-order valence-corrected chi connectivity index (χ1v) is 7.57. The van der Waals surface area contributed by atoms with Crippen LogP contribution in [0.25, 0.3) is 10.4 Å². The quantitative estimate of drug-likeness (QED) is 0.787. The van der Waals surface area contributed by atoms with E-state index < -0.39 is 0 Å². The number of nitrogens with zero attached hydrogens (tertiary/aromatic N) is 4. The number of anilines is 1. The average molecular weight is 313 g/mol. The van der Waals surface area contributed by atoms with Crippen molar-refractivity contribution in [2.75, 3.05) is 5.32 Å². The normalized spacial score (nSPS) is 10.7. The Balaban J connectivity index is 1.89. The van der Waals surface area contributed by atoms with E-state index >= 15 is 0 Å². The van der Waals surface area contributed by atoms with Crippen molar-refractivity contribution in [1.82, 2.24) is 19.5 Å². The summed E-state index contributed by atoms with van der Waals surface area (Å²) in [5, 5.41) is 3.35. The van der Waals surface area contributed by atoms with E-state index in [4.69, 9.17) is 0 Å². The number of carbonyl (C=O) groups is 1. The number of carbonyl (C=O) groups excluding carboxylic acids is 1. The minimum atomic E-state index is -0.278. The lowest BCUT2D eigenvalue weighted by molar-refractivity contribution is 0.253. The minimum absolute atomic E-state index is 0.278. The van der Waals surface area contributed by atoms with Crippen molar-refractivity contribution in [3.8, 4) is 10.4 Å². The molecule has 0 saturated carbocycles. The van der Waals surface area contributed by atoms with E-state index in [1.54, 1.807) is 12.4 Å². The first kappa shape index (κ1) is 14.4. The molecule has 7 heteroatoms. The zero-order valence-corrected chi connectivity index (χ0v) is 13.3. The number of rotatable bonds is 2. The van der Waals surface area contributed by atoms with Crippen LogP contribution in [0.2, 0.25) is 0 Å². The zero-order valence-electron chi connectivity index (χ0n) is 12.5. The van der Waals surface area contributed by atoms with E-state index in [1.807, 2.05) is 32.9 Å². The number of nitrogens with one attached hydrogen (secondary N) is 1.